The first-order valence-corrected chi connectivity index (χ1v) is 7.09. The number of carbonyl (C=O) groups excluding carboxylic acids is 1. The summed E-state index contributed by atoms with van der Waals surface area (Å²) in [5.41, 5.74) is 0. The van der Waals surface area contributed by atoms with Crippen molar-refractivity contribution in [3.8, 4) is 0 Å². The van der Waals surface area contributed by atoms with Gasteiger partial charge in [-0.3, -0.25) is 9.48 Å². The molecule has 1 saturated carbocycles. The third-order valence-corrected chi connectivity index (χ3v) is 3.64. The second-order valence-corrected chi connectivity index (χ2v) is 5.34. The Labute approximate surface area is 113 Å². The van der Waals surface area contributed by atoms with Crippen LogP contribution in [0.5, 0.6) is 0 Å². The molecule has 1 heterocycles. The van der Waals surface area contributed by atoms with Crippen molar-refractivity contribution in [2.45, 2.75) is 45.1 Å². The van der Waals surface area contributed by atoms with Gasteiger partial charge in [-0.15, -0.1) is 0 Å². The third kappa shape index (κ3) is 4.02. The Balaban J connectivity index is 1.61. The number of amides is 1. The van der Waals surface area contributed by atoms with E-state index in [1.54, 1.807) is 17.1 Å². The van der Waals surface area contributed by atoms with Crippen molar-refractivity contribution in [2.24, 2.45) is 5.92 Å². The van der Waals surface area contributed by atoms with Crippen molar-refractivity contribution < 1.29 is 4.79 Å². The fourth-order valence-electron chi connectivity index (χ4n) is 2.42. The smallest absolute Gasteiger partial charge is 0.223 e. The first-order chi connectivity index (χ1) is 8.75. The van der Waals surface area contributed by atoms with Crippen molar-refractivity contribution in [2.75, 3.05) is 6.54 Å². The number of hydrogen-bond donors (Lipinski definition) is 1. The normalized spacial score (nSPS) is 16.7. The number of aromatic nitrogens is 2. The molecule has 0 atom stereocenters. The van der Waals surface area contributed by atoms with Gasteiger partial charge in [-0.2, -0.15) is 5.10 Å². The average molecular weight is 270 g/mol. The maximum Gasteiger partial charge on any atom is 0.223 e. The summed E-state index contributed by atoms with van der Waals surface area (Å²) >= 11 is 5.77. The minimum Gasteiger partial charge on any atom is -0.356 e. The fraction of sp³-hybridized carbons (Fsp3) is 0.692. The van der Waals surface area contributed by atoms with Crippen LogP contribution in [0.4, 0.5) is 0 Å². The highest BCUT2D eigenvalue weighted by Crippen LogP contribution is 2.23. The molecule has 0 bridgehead atoms. The van der Waals surface area contributed by atoms with Crippen LogP contribution in [0.3, 0.4) is 0 Å². The molecule has 0 aliphatic heterocycles. The molecule has 1 aliphatic rings. The summed E-state index contributed by atoms with van der Waals surface area (Å²) in [5, 5.41) is 7.76. The van der Waals surface area contributed by atoms with Gasteiger partial charge in [-0.25, -0.2) is 0 Å². The molecule has 1 amide bonds. The quantitative estimate of drug-likeness (QED) is 0.836. The van der Waals surface area contributed by atoms with E-state index in [-0.39, 0.29) is 11.8 Å². The highest BCUT2D eigenvalue weighted by atomic mass is 35.5. The molecule has 2 rings (SSSR count). The molecular formula is C13H20ClN3O. The number of halogens is 1. The number of carbonyl (C=O) groups is 1. The van der Waals surface area contributed by atoms with Crippen LogP contribution in [0.2, 0.25) is 5.02 Å². The Kier molecular flexibility index (Phi) is 5.05. The highest BCUT2D eigenvalue weighted by molar-refractivity contribution is 6.30. The van der Waals surface area contributed by atoms with Crippen LogP contribution < -0.4 is 5.32 Å². The second-order valence-electron chi connectivity index (χ2n) is 4.90. The van der Waals surface area contributed by atoms with E-state index < -0.39 is 0 Å². The molecule has 5 heteroatoms. The van der Waals surface area contributed by atoms with E-state index in [1.165, 1.54) is 19.3 Å². The maximum atomic E-state index is 11.9. The van der Waals surface area contributed by atoms with Gasteiger partial charge in [0.05, 0.1) is 11.2 Å². The van der Waals surface area contributed by atoms with Gasteiger partial charge in [0.25, 0.3) is 0 Å². The summed E-state index contributed by atoms with van der Waals surface area (Å²) in [7, 11) is 0. The molecule has 0 spiro atoms. The monoisotopic (exact) mass is 269 g/mol. The summed E-state index contributed by atoms with van der Waals surface area (Å²) in [6.07, 6.45) is 10.1. The van der Waals surface area contributed by atoms with E-state index in [4.69, 9.17) is 11.6 Å². The lowest BCUT2D eigenvalue weighted by Crippen LogP contribution is -2.32. The standard InChI is InChI=1S/C13H20ClN3O/c14-12-9-16-17(10-12)8-4-7-15-13(18)11-5-2-1-3-6-11/h9-11H,1-8H2,(H,15,18). The number of rotatable bonds is 5. The lowest BCUT2D eigenvalue weighted by Gasteiger charge is -2.20. The van der Waals surface area contributed by atoms with Crippen LogP contribution in [0.15, 0.2) is 12.4 Å². The van der Waals surface area contributed by atoms with E-state index in [2.05, 4.69) is 10.4 Å². The molecule has 1 aliphatic carbocycles. The summed E-state index contributed by atoms with van der Waals surface area (Å²) in [6.45, 7) is 1.50. The molecule has 1 N–H and O–H groups in total. The van der Waals surface area contributed by atoms with Crippen LogP contribution in [0.25, 0.3) is 0 Å². The fourth-order valence-corrected chi connectivity index (χ4v) is 2.58. The molecular weight excluding hydrogens is 250 g/mol. The van der Waals surface area contributed by atoms with Gasteiger partial charge in [0, 0.05) is 25.2 Å². The van der Waals surface area contributed by atoms with Crippen molar-refractivity contribution in [1.29, 1.82) is 0 Å². The predicted octanol–water partition coefficient (Wildman–Crippen LogP) is 2.62. The molecule has 0 radical (unpaired) electrons. The van der Waals surface area contributed by atoms with Crippen LogP contribution in [-0.2, 0) is 11.3 Å². The lowest BCUT2D eigenvalue weighted by atomic mass is 9.89. The van der Waals surface area contributed by atoms with Gasteiger partial charge in [-0.1, -0.05) is 30.9 Å². The lowest BCUT2D eigenvalue weighted by molar-refractivity contribution is -0.125. The predicted molar refractivity (Wildman–Crippen MR) is 71.4 cm³/mol. The molecule has 0 unspecified atom stereocenters. The Bertz CT molecular complexity index is 385. The summed E-state index contributed by atoms with van der Waals surface area (Å²) in [5.74, 6) is 0.478. The molecule has 100 valence electrons. The first kappa shape index (κ1) is 13.4. The molecule has 18 heavy (non-hydrogen) atoms. The molecule has 0 saturated heterocycles. The van der Waals surface area contributed by atoms with Crippen LogP contribution in [-0.4, -0.2) is 22.2 Å². The van der Waals surface area contributed by atoms with Crippen LogP contribution in [0.1, 0.15) is 38.5 Å². The Morgan fingerprint density at radius 2 is 2.22 bits per heavy atom. The van der Waals surface area contributed by atoms with E-state index in [1.807, 2.05) is 0 Å². The Hall–Kier alpha value is -1.03. The second kappa shape index (κ2) is 6.78. The van der Waals surface area contributed by atoms with E-state index in [9.17, 15) is 4.79 Å². The zero-order valence-corrected chi connectivity index (χ0v) is 11.3. The van der Waals surface area contributed by atoms with Crippen molar-refractivity contribution in [1.82, 2.24) is 15.1 Å². The number of nitrogens with zero attached hydrogens (tertiary/aromatic N) is 2. The van der Waals surface area contributed by atoms with Gasteiger partial charge in [0.1, 0.15) is 0 Å². The van der Waals surface area contributed by atoms with Crippen LogP contribution >= 0.6 is 11.6 Å². The van der Waals surface area contributed by atoms with Crippen molar-refractivity contribution in [3.05, 3.63) is 17.4 Å². The average Bonchev–Trinajstić information content (AvgIpc) is 2.81. The topological polar surface area (TPSA) is 46.9 Å². The van der Waals surface area contributed by atoms with Gasteiger partial charge in [0.15, 0.2) is 0 Å². The van der Waals surface area contributed by atoms with Gasteiger partial charge in [0.2, 0.25) is 5.91 Å². The van der Waals surface area contributed by atoms with Gasteiger partial charge < -0.3 is 5.32 Å². The third-order valence-electron chi connectivity index (χ3n) is 3.44. The van der Waals surface area contributed by atoms with Crippen molar-refractivity contribution in [3.63, 3.8) is 0 Å². The number of hydrogen-bond acceptors (Lipinski definition) is 2. The largest absolute Gasteiger partial charge is 0.356 e. The SMILES string of the molecule is O=C(NCCCn1cc(Cl)cn1)C1CCCCC1. The molecule has 1 fully saturated rings. The zero-order chi connectivity index (χ0) is 12.8. The zero-order valence-electron chi connectivity index (χ0n) is 10.6. The maximum absolute atomic E-state index is 11.9. The summed E-state index contributed by atoms with van der Waals surface area (Å²) < 4.78 is 1.80. The number of nitrogens with one attached hydrogen (secondary N) is 1. The molecule has 4 nitrogen and oxygen atoms in total. The Morgan fingerprint density at radius 3 is 2.89 bits per heavy atom. The molecule has 1 aromatic rings. The molecule has 0 aromatic carbocycles. The van der Waals surface area contributed by atoms with E-state index in [0.717, 1.165) is 25.8 Å². The summed E-state index contributed by atoms with van der Waals surface area (Å²) in [6, 6.07) is 0. The van der Waals surface area contributed by atoms with Crippen molar-refractivity contribution >= 4 is 17.5 Å². The molecule has 1 aromatic heterocycles. The first-order valence-electron chi connectivity index (χ1n) is 6.71. The number of aryl methyl sites for hydroxylation is 1. The minimum atomic E-state index is 0.230. The highest BCUT2D eigenvalue weighted by Gasteiger charge is 2.20. The van der Waals surface area contributed by atoms with Crippen LogP contribution in [0, 0.1) is 5.92 Å². The van der Waals surface area contributed by atoms with E-state index in [0.29, 0.717) is 11.6 Å². The Morgan fingerprint density at radius 1 is 1.44 bits per heavy atom. The minimum absolute atomic E-state index is 0.230. The van der Waals surface area contributed by atoms with Gasteiger partial charge in [-0.05, 0) is 19.3 Å². The van der Waals surface area contributed by atoms with Gasteiger partial charge >= 0.3 is 0 Å². The van der Waals surface area contributed by atoms with E-state index >= 15 is 0 Å². The summed E-state index contributed by atoms with van der Waals surface area (Å²) in [4.78, 5) is 11.9.